The van der Waals surface area contributed by atoms with Gasteiger partial charge in [0.2, 0.25) is 11.2 Å². The van der Waals surface area contributed by atoms with Gasteiger partial charge in [-0.1, -0.05) is 22.6 Å². The van der Waals surface area contributed by atoms with Crippen molar-refractivity contribution < 1.29 is 44.3 Å². The van der Waals surface area contributed by atoms with Crippen LogP contribution in [0.2, 0.25) is 0 Å². The van der Waals surface area contributed by atoms with Crippen molar-refractivity contribution in [2.45, 2.75) is 56.4 Å². The molecule has 1 rings (SSSR count). The summed E-state index contributed by atoms with van der Waals surface area (Å²) in [5.74, 6) is -8.65. The van der Waals surface area contributed by atoms with Crippen LogP contribution in [0, 0.1) is 0 Å². The third-order valence-corrected chi connectivity index (χ3v) is 5.32. The Balaban J connectivity index is 4.05. The van der Waals surface area contributed by atoms with Crippen molar-refractivity contribution in [1.82, 2.24) is 0 Å². The van der Waals surface area contributed by atoms with Crippen molar-refractivity contribution in [3.63, 3.8) is 0 Å². The lowest BCUT2D eigenvalue weighted by Gasteiger charge is -2.59. The molecule has 0 radical (unpaired) electrons. The zero-order chi connectivity index (χ0) is 19.3. The minimum atomic E-state index is -3.60. The molecule has 1 aliphatic rings. The summed E-state index contributed by atoms with van der Waals surface area (Å²) < 4.78 is 4.77. The average molecular weight is 458 g/mol. The average Bonchev–Trinajstić information content (AvgIpc) is 2.47. The first kappa shape index (κ1) is 21.3. The number of rotatable bonds is 5. The van der Waals surface area contributed by atoms with Gasteiger partial charge in [0.1, 0.15) is 6.10 Å². The Bertz CT molecular complexity index is 619. The molecule has 0 aliphatic carbocycles. The van der Waals surface area contributed by atoms with Crippen LogP contribution in [0.4, 0.5) is 0 Å². The molecule has 1 fully saturated rings. The monoisotopic (exact) mass is 458 g/mol. The van der Waals surface area contributed by atoms with Crippen LogP contribution < -0.4 is 0 Å². The molecule has 24 heavy (non-hydrogen) atoms. The van der Waals surface area contributed by atoms with Crippen LogP contribution >= 0.6 is 22.6 Å². The van der Waals surface area contributed by atoms with Gasteiger partial charge in [0, 0.05) is 11.4 Å². The summed E-state index contributed by atoms with van der Waals surface area (Å²) in [6.45, 7) is 2.96. The zero-order valence-electron chi connectivity index (χ0n) is 13.5. The van der Waals surface area contributed by atoms with Crippen LogP contribution in [0.1, 0.15) is 27.7 Å². The summed E-state index contributed by atoms with van der Waals surface area (Å²) in [6.07, 6.45) is -1.75. The number of ketones is 4. The maximum Gasteiger partial charge on any atom is 0.267 e. The molecule has 0 aromatic heterocycles. The Morgan fingerprint density at radius 2 is 1.25 bits per heavy atom. The lowest BCUT2D eigenvalue weighted by atomic mass is 9.58. The van der Waals surface area contributed by atoms with E-state index < -0.39 is 51.8 Å². The first-order chi connectivity index (χ1) is 10.7. The Morgan fingerprint density at radius 1 is 0.833 bits per heavy atom. The van der Waals surface area contributed by atoms with E-state index >= 15 is 0 Å². The fourth-order valence-corrected chi connectivity index (χ4v) is 3.93. The maximum absolute atomic E-state index is 12.2. The van der Waals surface area contributed by atoms with Gasteiger partial charge < -0.3 is 25.2 Å². The molecule has 9 nitrogen and oxygen atoms in total. The molecule has 0 aromatic rings. The van der Waals surface area contributed by atoms with Crippen molar-refractivity contribution in [1.29, 1.82) is 0 Å². The third-order valence-electron chi connectivity index (χ3n) is 4.52. The van der Waals surface area contributed by atoms with Gasteiger partial charge in [-0.2, -0.15) is 0 Å². The van der Waals surface area contributed by atoms with Gasteiger partial charge in [-0.25, -0.2) is 0 Å². The highest BCUT2D eigenvalue weighted by molar-refractivity contribution is 14.1. The molecule has 0 aromatic carbocycles. The van der Waals surface area contributed by atoms with E-state index in [1.54, 1.807) is 22.6 Å². The second-order valence-corrected chi connectivity index (χ2v) is 6.70. The number of Topliss-reactive ketones (excluding diaryl/α,β-unsaturated/α-hetero) is 4. The summed E-state index contributed by atoms with van der Waals surface area (Å²) in [7, 11) is 0. The van der Waals surface area contributed by atoms with E-state index in [1.165, 1.54) is 0 Å². The van der Waals surface area contributed by atoms with Crippen LogP contribution in [0.25, 0.3) is 0 Å². The van der Waals surface area contributed by atoms with Crippen LogP contribution in [-0.2, 0) is 23.9 Å². The lowest BCUT2D eigenvalue weighted by Crippen LogP contribution is -2.90. The molecule has 4 N–H and O–H groups in total. The van der Waals surface area contributed by atoms with Crippen LogP contribution in [0.15, 0.2) is 0 Å². The van der Waals surface area contributed by atoms with Crippen molar-refractivity contribution >= 4 is 45.7 Å². The molecule has 1 aliphatic heterocycles. The van der Waals surface area contributed by atoms with Gasteiger partial charge in [0.15, 0.2) is 28.7 Å². The quantitative estimate of drug-likeness (QED) is 0.272. The Labute approximate surface area is 151 Å². The van der Waals surface area contributed by atoms with Crippen molar-refractivity contribution in [3.05, 3.63) is 0 Å². The highest BCUT2D eigenvalue weighted by atomic mass is 127. The number of alkyl halides is 1. The first-order valence-electron chi connectivity index (χ1n) is 6.86. The molecular weight excluding hydrogens is 439 g/mol. The predicted octanol–water partition coefficient (Wildman–Crippen LogP) is -1.94. The highest BCUT2D eigenvalue weighted by Crippen LogP contribution is 2.50. The minimum absolute atomic E-state index is 0.257. The number of halogens is 1. The second-order valence-electron chi connectivity index (χ2n) is 5.82. The first-order valence-corrected chi connectivity index (χ1v) is 8.39. The Hall–Kier alpha value is -0.790. The molecule has 0 unspecified atom stereocenters. The zero-order valence-corrected chi connectivity index (χ0v) is 15.7. The molecule has 1 saturated heterocycles. The van der Waals surface area contributed by atoms with Gasteiger partial charge in [-0.15, -0.1) is 0 Å². The third kappa shape index (κ3) is 2.17. The number of hydrogen-bond acceptors (Lipinski definition) is 9. The smallest absolute Gasteiger partial charge is 0.267 e. The van der Waals surface area contributed by atoms with Gasteiger partial charge in [0.05, 0.1) is 0 Å². The Morgan fingerprint density at radius 3 is 1.50 bits per heavy atom. The number of aliphatic hydroxyl groups is 4. The molecule has 0 spiro atoms. The standard InChI is InChI=1S/C14H19IO9/c1-6(16)11(20)10(5-15)24-14(23,9(4)19)13(22,8(3)18)12(11,21)7(2)17/h10,20-23H,5H2,1-4H3/t10-,11-,12+,13-,14+/m1/s1. The van der Waals surface area contributed by atoms with Gasteiger partial charge in [-0.3, -0.25) is 19.2 Å². The number of ether oxygens (including phenoxy) is 1. The molecule has 136 valence electrons. The minimum Gasteiger partial charge on any atom is -0.376 e. The van der Waals surface area contributed by atoms with E-state index in [-0.39, 0.29) is 4.43 Å². The fourth-order valence-electron chi connectivity index (χ4n) is 3.11. The van der Waals surface area contributed by atoms with E-state index in [1.807, 2.05) is 0 Å². The van der Waals surface area contributed by atoms with Gasteiger partial charge >= 0.3 is 0 Å². The van der Waals surface area contributed by atoms with Crippen molar-refractivity contribution in [2.24, 2.45) is 0 Å². The van der Waals surface area contributed by atoms with Gasteiger partial charge in [0.25, 0.3) is 5.79 Å². The fraction of sp³-hybridized carbons (Fsp3) is 0.714. The Kier molecular flexibility index (Phi) is 5.47. The van der Waals surface area contributed by atoms with Crippen LogP contribution in [-0.4, -0.2) is 76.7 Å². The van der Waals surface area contributed by atoms with Gasteiger partial charge in [-0.05, 0) is 20.8 Å². The number of hydrogen-bond donors (Lipinski definition) is 4. The summed E-state index contributed by atoms with van der Waals surface area (Å²) in [4.78, 5) is 48.2. The van der Waals surface area contributed by atoms with E-state index in [2.05, 4.69) is 0 Å². The molecule has 0 saturated carbocycles. The summed E-state index contributed by atoms with van der Waals surface area (Å²) in [5.41, 5.74) is -10.2. The summed E-state index contributed by atoms with van der Waals surface area (Å²) in [6, 6.07) is 0. The van der Waals surface area contributed by atoms with E-state index in [0.717, 1.165) is 13.8 Å². The largest absolute Gasteiger partial charge is 0.376 e. The highest BCUT2D eigenvalue weighted by Gasteiger charge is 2.83. The summed E-state index contributed by atoms with van der Waals surface area (Å²) in [5, 5.41) is 43.1. The van der Waals surface area contributed by atoms with E-state index in [4.69, 9.17) is 4.74 Å². The predicted molar refractivity (Wildman–Crippen MR) is 86.3 cm³/mol. The topological polar surface area (TPSA) is 158 Å². The number of carbonyl (C=O) groups is 4. The SMILES string of the molecule is CC(=O)[C@@]1(O)[C@](O)(C(C)=O)[C@@](O)(C(C)=O)[C@@H](CI)O[C@@]1(O)C(C)=O. The number of carbonyl (C=O) groups excluding carboxylic acids is 4. The van der Waals surface area contributed by atoms with E-state index in [9.17, 15) is 39.6 Å². The maximum atomic E-state index is 12.2. The summed E-state index contributed by atoms with van der Waals surface area (Å²) >= 11 is 1.63. The van der Waals surface area contributed by atoms with E-state index in [0.29, 0.717) is 13.8 Å². The molecule has 10 heteroatoms. The normalized spacial score (nSPS) is 42.5. The molecule has 0 amide bonds. The van der Waals surface area contributed by atoms with Crippen LogP contribution in [0.3, 0.4) is 0 Å². The van der Waals surface area contributed by atoms with Crippen molar-refractivity contribution in [2.75, 3.05) is 4.43 Å². The second kappa shape index (κ2) is 6.18. The van der Waals surface area contributed by atoms with Crippen molar-refractivity contribution in [3.8, 4) is 0 Å². The van der Waals surface area contributed by atoms with Crippen LogP contribution in [0.5, 0.6) is 0 Å². The molecule has 1 heterocycles. The molecule has 5 atom stereocenters. The lowest BCUT2D eigenvalue weighted by molar-refractivity contribution is -0.384. The molecular formula is C14H19IO9. The molecule has 0 bridgehead atoms.